The van der Waals surface area contributed by atoms with Crippen LogP contribution in [0.4, 0.5) is 0 Å². The molecule has 0 radical (unpaired) electrons. The molecule has 0 saturated carbocycles. The van der Waals surface area contributed by atoms with Crippen molar-refractivity contribution >= 4 is 11.9 Å². The number of hydrogen-bond acceptors (Lipinski definition) is 5. The number of hydrogen-bond donors (Lipinski definition) is 0. The second-order valence-electron chi connectivity index (χ2n) is 6.46. The highest BCUT2D eigenvalue weighted by atomic mass is 16.6. The molecule has 5 nitrogen and oxygen atoms in total. The van der Waals surface area contributed by atoms with Crippen LogP contribution in [0.5, 0.6) is 11.5 Å². The predicted molar refractivity (Wildman–Crippen MR) is 87.6 cm³/mol. The number of furan rings is 1. The summed E-state index contributed by atoms with van der Waals surface area (Å²) in [6.07, 6.45) is 1.71. The second-order valence-corrected chi connectivity index (χ2v) is 6.46. The van der Waals surface area contributed by atoms with Gasteiger partial charge in [-0.25, -0.2) is 0 Å². The molecule has 0 aliphatic heterocycles. The molecule has 0 N–H and O–H groups in total. The molecule has 0 amide bonds. The van der Waals surface area contributed by atoms with E-state index in [1.165, 1.54) is 0 Å². The highest BCUT2D eigenvalue weighted by molar-refractivity contribution is 5.77. The third kappa shape index (κ3) is 5.73. The van der Waals surface area contributed by atoms with E-state index in [1.54, 1.807) is 0 Å². The van der Waals surface area contributed by atoms with Gasteiger partial charge in [-0.1, -0.05) is 41.5 Å². The Hall–Kier alpha value is -1.78. The van der Waals surface area contributed by atoms with Gasteiger partial charge in [-0.15, -0.1) is 0 Å². The number of rotatable bonds is 8. The molecule has 0 aromatic carbocycles. The zero-order chi connectivity index (χ0) is 17.6. The SMILES string of the molecule is CCc1oc(CC)c(OC(=O)CC(C)C)c1OC(=O)CC(C)C. The zero-order valence-electron chi connectivity index (χ0n) is 15.0. The van der Waals surface area contributed by atoms with Crippen molar-refractivity contribution in [2.45, 2.75) is 67.2 Å². The average Bonchev–Trinajstić information content (AvgIpc) is 2.74. The molecule has 0 bridgehead atoms. The topological polar surface area (TPSA) is 65.7 Å². The number of ether oxygens (including phenoxy) is 2. The molecule has 0 fully saturated rings. The minimum absolute atomic E-state index is 0.192. The van der Waals surface area contributed by atoms with Crippen LogP contribution in [0.3, 0.4) is 0 Å². The van der Waals surface area contributed by atoms with E-state index >= 15 is 0 Å². The van der Waals surface area contributed by atoms with Crippen LogP contribution in [0.25, 0.3) is 0 Å². The molecular formula is C18H28O5. The summed E-state index contributed by atoms with van der Waals surface area (Å²) < 4.78 is 16.6. The van der Waals surface area contributed by atoms with E-state index in [1.807, 2.05) is 41.5 Å². The fourth-order valence-electron chi connectivity index (χ4n) is 2.14. The van der Waals surface area contributed by atoms with Crippen LogP contribution in [-0.4, -0.2) is 11.9 Å². The van der Waals surface area contributed by atoms with E-state index in [4.69, 9.17) is 13.9 Å². The van der Waals surface area contributed by atoms with Crippen LogP contribution in [0.2, 0.25) is 0 Å². The fraction of sp³-hybridized carbons (Fsp3) is 0.667. The summed E-state index contributed by atoms with van der Waals surface area (Å²) in [5, 5.41) is 0. The summed E-state index contributed by atoms with van der Waals surface area (Å²) in [5.41, 5.74) is 0. The Morgan fingerprint density at radius 3 is 1.43 bits per heavy atom. The van der Waals surface area contributed by atoms with Gasteiger partial charge >= 0.3 is 11.9 Å². The lowest BCUT2D eigenvalue weighted by atomic mass is 10.1. The van der Waals surface area contributed by atoms with Crippen molar-refractivity contribution in [3.8, 4) is 11.5 Å². The van der Waals surface area contributed by atoms with Crippen LogP contribution in [0.1, 0.15) is 65.9 Å². The molecule has 130 valence electrons. The van der Waals surface area contributed by atoms with Gasteiger partial charge in [-0.2, -0.15) is 0 Å². The van der Waals surface area contributed by atoms with Crippen molar-refractivity contribution < 1.29 is 23.5 Å². The van der Waals surface area contributed by atoms with Crippen LogP contribution in [0.15, 0.2) is 4.42 Å². The summed E-state index contributed by atoms with van der Waals surface area (Å²) in [6, 6.07) is 0. The van der Waals surface area contributed by atoms with Gasteiger partial charge in [-0.3, -0.25) is 9.59 Å². The lowest BCUT2D eigenvalue weighted by molar-refractivity contribution is -0.138. The van der Waals surface area contributed by atoms with Crippen LogP contribution in [-0.2, 0) is 22.4 Å². The molecule has 23 heavy (non-hydrogen) atoms. The largest absolute Gasteiger partial charge is 0.458 e. The van der Waals surface area contributed by atoms with Gasteiger partial charge in [-0.05, 0) is 11.8 Å². The lowest BCUT2D eigenvalue weighted by Gasteiger charge is -2.10. The van der Waals surface area contributed by atoms with Crippen molar-refractivity contribution in [1.29, 1.82) is 0 Å². The maximum Gasteiger partial charge on any atom is 0.311 e. The number of esters is 2. The third-order valence-corrected chi connectivity index (χ3v) is 3.18. The molecule has 0 aliphatic carbocycles. The maximum absolute atomic E-state index is 12.0. The number of aryl methyl sites for hydroxylation is 2. The van der Waals surface area contributed by atoms with E-state index in [0.717, 1.165) is 0 Å². The number of carbonyl (C=O) groups excluding carboxylic acids is 2. The quantitative estimate of drug-likeness (QED) is 0.667. The van der Waals surface area contributed by atoms with Crippen molar-refractivity contribution in [3.05, 3.63) is 11.5 Å². The first kappa shape index (κ1) is 19.3. The normalized spacial score (nSPS) is 11.1. The van der Waals surface area contributed by atoms with Crippen LogP contribution >= 0.6 is 0 Å². The van der Waals surface area contributed by atoms with Gasteiger partial charge in [0.05, 0.1) is 0 Å². The van der Waals surface area contributed by atoms with Crippen molar-refractivity contribution in [2.24, 2.45) is 11.8 Å². The van der Waals surface area contributed by atoms with E-state index in [0.29, 0.717) is 37.2 Å². The summed E-state index contributed by atoms with van der Waals surface area (Å²) in [7, 11) is 0. The highest BCUT2D eigenvalue weighted by Crippen LogP contribution is 2.39. The Balaban J connectivity index is 3.07. The summed E-state index contributed by atoms with van der Waals surface area (Å²) in [6.45, 7) is 11.6. The summed E-state index contributed by atoms with van der Waals surface area (Å²) in [4.78, 5) is 24.0. The molecule has 0 unspecified atom stereocenters. The smallest absolute Gasteiger partial charge is 0.311 e. The molecule has 1 rings (SSSR count). The molecule has 1 aromatic heterocycles. The first-order chi connectivity index (χ1) is 10.8. The zero-order valence-corrected chi connectivity index (χ0v) is 15.0. The molecule has 5 heteroatoms. The molecule has 0 aliphatic rings. The Labute approximate surface area is 138 Å². The molecular weight excluding hydrogens is 296 g/mol. The molecule has 1 aromatic rings. The molecule has 0 spiro atoms. The molecule has 0 saturated heterocycles. The van der Waals surface area contributed by atoms with Gasteiger partial charge in [0, 0.05) is 25.7 Å². The Bertz CT molecular complexity index is 493. The van der Waals surface area contributed by atoms with Crippen LogP contribution < -0.4 is 9.47 Å². The van der Waals surface area contributed by atoms with E-state index < -0.39 is 0 Å². The van der Waals surface area contributed by atoms with E-state index in [2.05, 4.69) is 0 Å². The second kappa shape index (κ2) is 8.75. The van der Waals surface area contributed by atoms with Gasteiger partial charge < -0.3 is 13.9 Å². The summed E-state index contributed by atoms with van der Waals surface area (Å²) >= 11 is 0. The van der Waals surface area contributed by atoms with Crippen molar-refractivity contribution in [2.75, 3.05) is 0 Å². The Morgan fingerprint density at radius 1 is 0.826 bits per heavy atom. The van der Waals surface area contributed by atoms with E-state index in [9.17, 15) is 9.59 Å². The third-order valence-electron chi connectivity index (χ3n) is 3.18. The Morgan fingerprint density at radius 2 is 1.17 bits per heavy atom. The predicted octanol–water partition coefficient (Wildman–Crippen LogP) is 4.31. The minimum atomic E-state index is -0.348. The van der Waals surface area contributed by atoms with E-state index in [-0.39, 0.29) is 35.3 Å². The van der Waals surface area contributed by atoms with Gasteiger partial charge in [0.2, 0.25) is 11.5 Å². The monoisotopic (exact) mass is 324 g/mol. The maximum atomic E-state index is 12.0. The minimum Gasteiger partial charge on any atom is -0.458 e. The van der Waals surface area contributed by atoms with Gasteiger partial charge in [0.25, 0.3) is 0 Å². The fourth-order valence-corrected chi connectivity index (χ4v) is 2.14. The first-order valence-electron chi connectivity index (χ1n) is 8.34. The summed E-state index contributed by atoms with van der Waals surface area (Å²) in [5.74, 6) is 1.27. The van der Waals surface area contributed by atoms with Gasteiger partial charge in [0.15, 0.2) is 11.5 Å². The molecule has 1 heterocycles. The first-order valence-corrected chi connectivity index (χ1v) is 8.34. The van der Waals surface area contributed by atoms with Gasteiger partial charge in [0.1, 0.15) is 0 Å². The van der Waals surface area contributed by atoms with Crippen molar-refractivity contribution in [3.63, 3.8) is 0 Å². The van der Waals surface area contributed by atoms with Crippen molar-refractivity contribution in [1.82, 2.24) is 0 Å². The standard InChI is InChI=1S/C18H28O5/c1-7-13-17(22-15(19)9-11(3)4)18(14(8-2)21-13)23-16(20)10-12(5)6/h11-12H,7-10H2,1-6H3. The lowest BCUT2D eigenvalue weighted by Crippen LogP contribution is -2.15. The molecule has 0 atom stereocenters. The van der Waals surface area contributed by atoms with Crippen LogP contribution in [0, 0.1) is 11.8 Å². The number of carbonyl (C=O) groups is 2. The Kier molecular flexibility index (Phi) is 7.33. The average molecular weight is 324 g/mol. The highest BCUT2D eigenvalue weighted by Gasteiger charge is 2.26.